The van der Waals surface area contributed by atoms with E-state index in [2.05, 4.69) is 29.5 Å². The Morgan fingerprint density at radius 3 is 2.83 bits per heavy atom. The third kappa shape index (κ3) is 2.75. The second-order valence-corrected chi connectivity index (χ2v) is 4.63. The van der Waals surface area contributed by atoms with Gasteiger partial charge in [0.2, 0.25) is 0 Å². The van der Waals surface area contributed by atoms with Crippen LogP contribution in [0.3, 0.4) is 0 Å². The summed E-state index contributed by atoms with van der Waals surface area (Å²) >= 11 is 0. The standard InChI is InChI=1S/C13H18N4O/c1-8(2)12-4-3-9(5-16-12)15-6-10-11(14)7-17-13(10)18/h3-6,8,13-15,17-18H,7H2,1-2H3/b10-6+,14-11?. The zero-order chi connectivity index (χ0) is 13.1. The van der Waals surface area contributed by atoms with Gasteiger partial charge >= 0.3 is 0 Å². The second kappa shape index (κ2) is 5.29. The Morgan fingerprint density at radius 2 is 2.33 bits per heavy atom. The van der Waals surface area contributed by atoms with Crippen molar-refractivity contribution in [2.45, 2.75) is 26.0 Å². The molecular weight excluding hydrogens is 228 g/mol. The van der Waals surface area contributed by atoms with Gasteiger partial charge in [-0.2, -0.15) is 0 Å². The Morgan fingerprint density at radius 1 is 1.56 bits per heavy atom. The smallest absolute Gasteiger partial charge is 0.134 e. The Hall–Kier alpha value is -1.72. The molecule has 2 heterocycles. The molecule has 1 aliphatic heterocycles. The van der Waals surface area contributed by atoms with E-state index in [4.69, 9.17) is 5.41 Å². The fourth-order valence-corrected chi connectivity index (χ4v) is 1.74. The van der Waals surface area contributed by atoms with Crippen LogP contribution in [-0.4, -0.2) is 28.6 Å². The van der Waals surface area contributed by atoms with Gasteiger partial charge in [0.15, 0.2) is 0 Å². The summed E-state index contributed by atoms with van der Waals surface area (Å²) in [6.45, 7) is 4.60. The highest BCUT2D eigenvalue weighted by Gasteiger charge is 2.22. The van der Waals surface area contributed by atoms with E-state index in [0.717, 1.165) is 11.4 Å². The molecule has 1 aromatic heterocycles. The number of anilines is 1. The van der Waals surface area contributed by atoms with E-state index in [-0.39, 0.29) is 0 Å². The molecule has 0 radical (unpaired) electrons. The lowest BCUT2D eigenvalue weighted by atomic mass is 10.1. The van der Waals surface area contributed by atoms with Crippen LogP contribution >= 0.6 is 0 Å². The first-order chi connectivity index (χ1) is 8.58. The number of nitrogens with one attached hydrogen (secondary N) is 3. The molecular formula is C13H18N4O. The molecule has 2 rings (SSSR count). The summed E-state index contributed by atoms with van der Waals surface area (Å²) < 4.78 is 0. The minimum Gasteiger partial charge on any atom is -0.374 e. The van der Waals surface area contributed by atoms with Gasteiger partial charge in [0.05, 0.1) is 17.6 Å². The minimum atomic E-state index is -0.757. The number of nitrogens with zero attached hydrogens (tertiary/aromatic N) is 1. The van der Waals surface area contributed by atoms with Gasteiger partial charge in [-0.15, -0.1) is 0 Å². The van der Waals surface area contributed by atoms with E-state index in [1.165, 1.54) is 0 Å². The van der Waals surface area contributed by atoms with Gasteiger partial charge in [-0.1, -0.05) is 13.8 Å². The highest BCUT2D eigenvalue weighted by Crippen LogP contribution is 2.15. The Balaban J connectivity index is 2.06. The van der Waals surface area contributed by atoms with E-state index >= 15 is 0 Å². The largest absolute Gasteiger partial charge is 0.374 e. The topological polar surface area (TPSA) is 81.0 Å². The van der Waals surface area contributed by atoms with E-state index in [1.807, 2.05) is 12.1 Å². The molecule has 0 spiro atoms. The lowest BCUT2D eigenvalue weighted by Crippen LogP contribution is -2.21. The monoisotopic (exact) mass is 246 g/mol. The molecule has 0 aromatic carbocycles. The summed E-state index contributed by atoms with van der Waals surface area (Å²) in [7, 11) is 0. The summed E-state index contributed by atoms with van der Waals surface area (Å²) in [5, 5.41) is 23.1. The minimum absolute atomic E-state index is 0.402. The molecule has 5 nitrogen and oxygen atoms in total. The molecule has 1 aromatic rings. The van der Waals surface area contributed by atoms with Crippen LogP contribution in [0.5, 0.6) is 0 Å². The molecule has 96 valence electrons. The zero-order valence-electron chi connectivity index (χ0n) is 10.6. The van der Waals surface area contributed by atoms with Gasteiger partial charge in [0.1, 0.15) is 6.23 Å². The maximum atomic E-state index is 9.58. The summed E-state index contributed by atoms with van der Waals surface area (Å²) in [5.74, 6) is 0.409. The number of hydrogen-bond donors (Lipinski definition) is 4. The average molecular weight is 246 g/mol. The first kappa shape index (κ1) is 12.7. The van der Waals surface area contributed by atoms with Crippen LogP contribution in [0.1, 0.15) is 25.5 Å². The molecule has 1 aliphatic rings. The first-order valence-corrected chi connectivity index (χ1v) is 5.99. The number of hydrogen-bond acceptors (Lipinski definition) is 5. The van der Waals surface area contributed by atoms with Gasteiger partial charge in [-0.3, -0.25) is 10.3 Å². The number of pyridine rings is 1. The SMILES string of the molecule is CC(C)c1ccc(N/C=C2\C(=N)CNC2O)cn1. The van der Waals surface area contributed by atoms with Crippen molar-refractivity contribution in [1.29, 1.82) is 5.41 Å². The van der Waals surface area contributed by atoms with Crippen LogP contribution < -0.4 is 10.6 Å². The third-order valence-electron chi connectivity index (χ3n) is 2.89. The molecule has 0 amide bonds. The average Bonchev–Trinajstić information content (AvgIpc) is 2.67. The molecule has 0 saturated carbocycles. The predicted octanol–water partition coefficient (Wildman–Crippen LogP) is 1.44. The van der Waals surface area contributed by atoms with Crippen molar-refractivity contribution in [3.05, 3.63) is 35.8 Å². The summed E-state index contributed by atoms with van der Waals surface area (Å²) in [5.41, 5.74) is 2.87. The van der Waals surface area contributed by atoms with Crippen LogP contribution in [0.2, 0.25) is 0 Å². The van der Waals surface area contributed by atoms with E-state index < -0.39 is 6.23 Å². The van der Waals surface area contributed by atoms with Crippen LogP contribution in [-0.2, 0) is 0 Å². The van der Waals surface area contributed by atoms with Gasteiger partial charge in [-0.25, -0.2) is 0 Å². The Kier molecular flexibility index (Phi) is 3.74. The number of aliphatic hydroxyl groups is 1. The Labute approximate surface area is 106 Å². The third-order valence-corrected chi connectivity index (χ3v) is 2.89. The molecule has 1 unspecified atom stereocenters. The highest BCUT2D eigenvalue weighted by atomic mass is 16.3. The highest BCUT2D eigenvalue weighted by molar-refractivity contribution is 6.02. The number of rotatable bonds is 3. The fraction of sp³-hybridized carbons (Fsp3) is 0.385. The van der Waals surface area contributed by atoms with Crippen molar-refractivity contribution in [2.75, 3.05) is 11.9 Å². The second-order valence-electron chi connectivity index (χ2n) is 4.63. The molecule has 18 heavy (non-hydrogen) atoms. The fourth-order valence-electron chi connectivity index (χ4n) is 1.74. The van der Waals surface area contributed by atoms with Crippen molar-refractivity contribution in [1.82, 2.24) is 10.3 Å². The Bertz CT molecular complexity index is 464. The number of aliphatic hydroxyl groups excluding tert-OH is 1. The van der Waals surface area contributed by atoms with E-state index in [9.17, 15) is 5.11 Å². The van der Waals surface area contributed by atoms with Crippen LogP contribution in [0.4, 0.5) is 5.69 Å². The molecule has 0 bridgehead atoms. The molecule has 1 fully saturated rings. The first-order valence-electron chi connectivity index (χ1n) is 5.99. The van der Waals surface area contributed by atoms with Crippen LogP contribution in [0.25, 0.3) is 0 Å². The van der Waals surface area contributed by atoms with Crippen molar-refractivity contribution in [2.24, 2.45) is 0 Å². The normalized spacial score (nSPS) is 21.9. The molecule has 1 saturated heterocycles. The zero-order valence-corrected chi connectivity index (χ0v) is 10.6. The summed E-state index contributed by atoms with van der Waals surface area (Å²) in [4.78, 5) is 4.34. The summed E-state index contributed by atoms with van der Waals surface area (Å²) in [6, 6.07) is 3.91. The molecule has 0 aliphatic carbocycles. The molecule has 1 atom stereocenters. The van der Waals surface area contributed by atoms with Crippen molar-refractivity contribution in [3.8, 4) is 0 Å². The van der Waals surface area contributed by atoms with Crippen molar-refractivity contribution >= 4 is 11.4 Å². The van der Waals surface area contributed by atoms with Gasteiger partial charge < -0.3 is 15.8 Å². The van der Waals surface area contributed by atoms with Crippen molar-refractivity contribution < 1.29 is 5.11 Å². The van der Waals surface area contributed by atoms with Gasteiger partial charge in [0.25, 0.3) is 0 Å². The predicted molar refractivity (Wildman–Crippen MR) is 71.8 cm³/mol. The van der Waals surface area contributed by atoms with Crippen molar-refractivity contribution in [3.63, 3.8) is 0 Å². The maximum Gasteiger partial charge on any atom is 0.134 e. The molecule has 5 heteroatoms. The quantitative estimate of drug-likeness (QED) is 0.650. The van der Waals surface area contributed by atoms with Crippen LogP contribution in [0, 0.1) is 5.41 Å². The van der Waals surface area contributed by atoms with E-state index in [1.54, 1.807) is 12.4 Å². The number of aromatic nitrogens is 1. The van der Waals surface area contributed by atoms with Gasteiger partial charge in [0, 0.05) is 24.0 Å². The van der Waals surface area contributed by atoms with Crippen LogP contribution in [0.15, 0.2) is 30.1 Å². The molecule has 4 N–H and O–H groups in total. The lowest BCUT2D eigenvalue weighted by molar-refractivity contribution is 0.195. The lowest BCUT2D eigenvalue weighted by Gasteiger charge is -2.07. The summed E-state index contributed by atoms with van der Waals surface area (Å²) in [6.07, 6.45) is 2.65. The van der Waals surface area contributed by atoms with E-state index in [0.29, 0.717) is 23.7 Å². The maximum absolute atomic E-state index is 9.58. The van der Waals surface area contributed by atoms with Gasteiger partial charge in [-0.05, 0) is 18.1 Å².